The highest BCUT2D eigenvalue weighted by atomic mass is 32.2. The summed E-state index contributed by atoms with van der Waals surface area (Å²) < 4.78 is 16.4. The van der Waals surface area contributed by atoms with Crippen molar-refractivity contribution in [2.75, 3.05) is 31.4 Å². The number of piperidine rings is 1. The van der Waals surface area contributed by atoms with E-state index in [4.69, 9.17) is 4.74 Å². The summed E-state index contributed by atoms with van der Waals surface area (Å²) in [4.78, 5) is 14.8. The second kappa shape index (κ2) is 6.19. The number of ether oxygens (including phenoxy) is 1. The monoisotopic (exact) mass is 281 g/mol. The molecule has 0 aromatic heterocycles. The minimum Gasteiger partial charge on any atom is -0.465 e. The van der Waals surface area contributed by atoms with Crippen molar-refractivity contribution in [3.63, 3.8) is 0 Å². The Bertz CT molecular complexity index is 495. The first-order valence-electron chi connectivity index (χ1n) is 6.44. The summed E-state index contributed by atoms with van der Waals surface area (Å²) in [5.41, 5.74) is 1.40. The number of anilines is 1. The van der Waals surface area contributed by atoms with Gasteiger partial charge in [0.15, 0.2) is 0 Å². The van der Waals surface area contributed by atoms with Crippen LogP contribution in [-0.4, -0.2) is 36.6 Å². The van der Waals surface area contributed by atoms with E-state index in [2.05, 4.69) is 4.90 Å². The van der Waals surface area contributed by atoms with Gasteiger partial charge in [-0.25, -0.2) is 4.79 Å². The molecule has 5 heteroatoms. The van der Waals surface area contributed by atoms with E-state index >= 15 is 0 Å². The maximum absolute atomic E-state index is 11.9. The van der Waals surface area contributed by atoms with Crippen LogP contribution in [0.4, 0.5) is 5.69 Å². The highest BCUT2D eigenvalue weighted by Crippen LogP contribution is 2.26. The Hall–Kier alpha value is -1.36. The molecule has 19 heavy (non-hydrogen) atoms. The van der Waals surface area contributed by atoms with Crippen LogP contribution < -0.4 is 4.90 Å². The summed E-state index contributed by atoms with van der Waals surface area (Å²) >= 11 is 0. The Morgan fingerprint density at radius 3 is 2.53 bits per heavy atom. The highest BCUT2D eigenvalue weighted by Gasteiger charge is 2.20. The van der Waals surface area contributed by atoms with Crippen molar-refractivity contribution in [3.05, 3.63) is 23.8 Å². The van der Waals surface area contributed by atoms with Gasteiger partial charge in [-0.05, 0) is 37.5 Å². The molecule has 1 aromatic carbocycles. The van der Waals surface area contributed by atoms with E-state index in [1.54, 1.807) is 12.3 Å². The van der Waals surface area contributed by atoms with Crippen molar-refractivity contribution < 1.29 is 13.7 Å². The van der Waals surface area contributed by atoms with Crippen LogP contribution in [0.15, 0.2) is 23.1 Å². The summed E-state index contributed by atoms with van der Waals surface area (Å²) in [5.74, 6) is -0.368. The van der Waals surface area contributed by atoms with Gasteiger partial charge in [-0.1, -0.05) is 0 Å². The first kappa shape index (κ1) is 14.1. The molecule has 0 amide bonds. The molecule has 2 rings (SSSR count). The molecule has 1 fully saturated rings. The molecule has 0 radical (unpaired) electrons. The predicted molar refractivity (Wildman–Crippen MR) is 76.2 cm³/mol. The number of rotatable bonds is 3. The van der Waals surface area contributed by atoms with Crippen LogP contribution in [0.25, 0.3) is 0 Å². The van der Waals surface area contributed by atoms with Gasteiger partial charge in [0.25, 0.3) is 0 Å². The number of benzene rings is 1. The predicted octanol–water partition coefficient (Wildman–Crippen LogP) is 2.20. The van der Waals surface area contributed by atoms with Crippen LogP contribution >= 0.6 is 0 Å². The first-order chi connectivity index (χ1) is 9.13. The molecule has 0 saturated carbocycles. The molecule has 0 aliphatic carbocycles. The van der Waals surface area contributed by atoms with Crippen molar-refractivity contribution >= 4 is 22.5 Å². The first-order valence-corrected chi connectivity index (χ1v) is 8.00. The third kappa shape index (κ3) is 3.15. The quantitative estimate of drug-likeness (QED) is 0.797. The number of carbonyl (C=O) groups is 1. The molecule has 1 aliphatic heterocycles. The van der Waals surface area contributed by atoms with Gasteiger partial charge in [-0.15, -0.1) is 0 Å². The number of hydrogen-bond acceptors (Lipinski definition) is 4. The smallest absolute Gasteiger partial charge is 0.340 e. The minimum absolute atomic E-state index is 0.368. The Kier molecular flexibility index (Phi) is 4.58. The SMILES string of the molecule is COC(=O)c1cc(S(C)=O)ccc1N1CCCCC1. The average Bonchev–Trinajstić information content (AvgIpc) is 2.46. The van der Waals surface area contributed by atoms with Crippen molar-refractivity contribution in [1.29, 1.82) is 0 Å². The fourth-order valence-corrected chi connectivity index (χ4v) is 2.92. The van der Waals surface area contributed by atoms with E-state index < -0.39 is 10.8 Å². The number of carbonyl (C=O) groups excluding carboxylic acids is 1. The molecular weight excluding hydrogens is 262 g/mol. The lowest BCUT2D eigenvalue weighted by atomic mass is 10.1. The molecule has 0 spiro atoms. The summed E-state index contributed by atoms with van der Waals surface area (Å²) in [5, 5.41) is 0. The molecule has 1 atom stereocenters. The lowest BCUT2D eigenvalue weighted by molar-refractivity contribution is 0.0601. The van der Waals surface area contributed by atoms with Gasteiger partial charge in [0, 0.05) is 35.0 Å². The van der Waals surface area contributed by atoms with Crippen LogP contribution in [0, 0.1) is 0 Å². The van der Waals surface area contributed by atoms with Gasteiger partial charge >= 0.3 is 5.97 Å². The molecule has 1 aromatic rings. The van der Waals surface area contributed by atoms with E-state index in [-0.39, 0.29) is 5.97 Å². The second-order valence-corrected chi connectivity index (χ2v) is 6.05. The lowest BCUT2D eigenvalue weighted by Gasteiger charge is -2.30. The third-order valence-electron chi connectivity index (χ3n) is 3.40. The van der Waals surface area contributed by atoms with Gasteiger partial charge in [0.2, 0.25) is 0 Å². The number of methoxy groups -OCH3 is 1. The maximum Gasteiger partial charge on any atom is 0.340 e. The van der Waals surface area contributed by atoms with Crippen LogP contribution in [0.3, 0.4) is 0 Å². The summed E-state index contributed by atoms with van der Waals surface area (Å²) in [6.07, 6.45) is 5.13. The summed E-state index contributed by atoms with van der Waals surface area (Å²) in [7, 11) is 0.276. The molecular formula is C14H19NO3S. The Morgan fingerprint density at radius 2 is 1.95 bits per heavy atom. The van der Waals surface area contributed by atoms with Gasteiger partial charge in [-0.3, -0.25) is 4.21 Å². The average molecular weight is 281 g/mol. The highest BCUT2D eigenvalue weighted by molar-refractivity contribution is 7.84. The Balaban J connectivity index is 2.40. The largest absolute Gasteiger partial charge is 0.465 e. The van der Waals surface area contributed by atoms with Crippen molar-refractivity contribution in [2.45, 2.75) is 24.2 Å². The normalized spacial score (nSPS) is 17.1. The molecule has 0 bridgehead atoms. The fraction of sp³-hybridized carbons (Fsp3) is 0.500. The van der Waals surface area contributed by atoms with Gasteiger partial charge in [0.1, 0.15) is 0 Å². The van der Waals surface area contributed by atoms with E-state index in [9.17, 15) is 9.00 Å². The Labute approximate surface area is 116 Å². The summed E-state index contributed by atoms with van der Waals surface area (Å²) in [6.45, 7) is 1.91. The van der Waals surface area contributed by atoms with Gasteiger partial charge in [0.05, 0.1) is 18.4 Å². The summed E-state index contributed by atoms with van der Waals surface area (Å²) in [6, 6.07) is 5.40. The molecule has 1 aliphatic rings. The zero-order valence-electron chi connectivity index (χ0n) is 11.3. The zero-order chi connectivity index (χ0) is 13.8. The second-order valence-electron chi connectivity index (χ2n) is 4.67. The van der Waals surface area contributed by atoms with Crippen LogP contribution in [0.2, 0.25) is 0 Å². The standard InChI is InChI=1S/C14H19NO3S/c1-18-14(16)12-10-11(19(2)17)6-7-13(12)15-8-4-3-5-9-15/h6-7,10H,3-5,8-9H2,1-2H3. The molecule has 104 valence electrons. The fourth-order valence-electron chi connectivity index (χ4n) is 2.38. The van der Waals surface area contributed by atoms with Crippen LogP contribution in [0.1, 0.15) is 29.6 Å². The number of nitrogens with zero attached hydrogens (tertiary/aromatic N) is 1. The van der Waals surface area contributed by atoms with Crippen LogP contribution in [-0.2, 0) is 15.5 Å². The van der Waals surface area contributed by atoms with Gasteiger partial charge < -0.3 is 9.64 Å². The van der Waals surface area contributed by atoms with Crippen LogP contribution in [0.5, 0.6) is 0 Å². The van der Waals surface area contributed by atoms with Crippen molar-refractivity contribution in [1.82, 2.24) is 0 Å². The van der Waals surface area contributed by atoms with Crippen molar-refractivity contribution in [2.24, 2.45) is 0 Å². The van der Waals surface area contributed by atoms with Gasteiger partial charge in [-0.2, -0.15) is 0 Å². The maximum atomic E-state index is 11.9. The zero-order valence-corrected chi connectivity index (χ0v) is 12.2. The van der Waals surface area contributed by atoms with E-state index in [0.29, 0.717) is 10.5 Å². The molecule has 1 unspecified atom stereocenters. The van der Waals surface area contributed by atoms with E-state index in [1.807, 2.05) is 12.1 Å². The molecule has 4 nitrogen and oxygen atoms in total. The molecule has 1 heterocycles. The Morgan fingerprint density at radius 1 is 1.26 bits per heavy atom. The number of hydrogen-bond donors (Lipinski definition) is 0. The molecule has 0 N–H and O–H groups in total. The van der Waals surface area contributed by atoms with Crippen molar-refractivity contribution in [3.8, 4) is 0 Å². The minimum atomic E-state index is -1.10. The lowest BCUT2D eigenvalue weighted by Crippen LogP contribution is -2.31. The van der Waals surface area contributed by atoms with E-state index in [1.165, 1.54) is 13.5 Å². The van der Waals surface area contributed by atoms with E-state index in [0.717, 1.165) is 31.6 Å². The third-order valence-corrected chi connectivity index (χ3v) is 4.32. The topological polar surface area (TPSA) is 46.6 Å². The molecule has 1 saturated heterocycles. The number of esters is 1.